The van der Waals surface area contributed by atoms with Gasteiger partial charge in [0, 0.05) is 17.2 Å². The Balaban J connectivity index is 1.89. The number of hydrogen-bond donors (Lipinski definition) is 2. The van der Waals surface area contributed by atoms with Crippen LogP contribution in [0.25, 0.3) is 0 Å². The fourth-order valence-electron chi connectivity index (χ4n) is 5.32. The van der Waals surface area contributed by atoms with Crippen LogP contribution in [-0.2, 0) is 23.2 Å². The lowest BCUT2D eigenvalue weighted by atomic mass is 9.51. The Bertz CT molecular complexity index is 773. The molecular weight excluding hydrogens is 294 g/mol. The van der Waals surface area contributed by atoms with Crippen LogP contribution in [-0.4, -0.2) is 52.2 Å². The fraction of sp³-hybridized carbons (Fsp3) is 0.500. The molecule has 4 atom stereocenters. The molecule has 23 heavy (non-hydrogen) atoms. The second-order valence-electron chi connectivity index (χ2n) is 7.23. The number of ketones is 1. The maximum Gasteiger partial charge on any atom is 0.196 e. The third-order valence-corrected chi connectivity index (χ3v) is 6.41. The average Bonchev–Trinajstić information content (AvgIpc) is 2.90. The SMILES string of the molecule is CN1CC[C@]23c4c5ccc(CO)c4OC2C(=O)C=C[C@@]3(O)[C@H]1C5. The molecule has 0 aromatic heterocycles. The molecule has 4 aliphatic rings. The molecule has 1 unspecified atom stereocenters. The molecule has 2 bridgehead atoms. The molecule has 2 aliphatic carbocycles. The highest BCUT2D eigenvalue weighted by atomic mass is 16.5. The summed E-state index contributed by atoms with van der Waals surface area (Å²) in [5, 5.41) is 21.3. The molecule has 1 spiro atoms. The zero-order valence-corrected chi connectivity index (χ0v) is 13.0. The van der Waals surface area contributed by atoms with E-state index in [1.165, 1.54) is 6.08 Å². The Morgan fingerprint density at radius 1 is 1.43 bits per heavy atom. The Kier molecular flexibility index (Phi) is 2.41. The van der Waals surface area contributed by atoms with Gasteiger partial charge in [-0.15, -0.1) is 0 Å². The summed E-state index contributed by atoms with van der Waals surface area (Å²) in [6.07, 6.45) is 3.88. The van der Waals surface area contributed by atoms with Gasteiger partial charge in [0.25, 0.3) is 0 Å². The molecule has 5 rings (SSSR count). The number of hydrogen-bond acceptors (Lipinski definition) is 5. The largest absolute Gasteiger partial charge is 0.481 e. The minimum absolute atomic E-state index is 0.0647. The molecule has 2 heterocycles. The molecule has 1 fully saturated rings. The van der Waals surface area contributed by atoms with Gasteiger partial charge in [0.05, 0.1) is 12.0 Å². The Morgan fingerprint density at radius 2 is 2.26 bits per heavy atom. The second-order valence-corrected chi connectivity index (χ2v) is 7.23. The summed E-state index contributed by atoms with van der Waals surface area (Å²) in [5.74, 6) is 0.527. The topological polar surface area (TPSA) is 70.0 Å². The lowest BCUT2D eigenvalue weighted by Gasteiger charge is -2.60. The van der Waals surface area contributed by atoms with Gasteiger partial charge in [0.1, 0.15) is 11.4 Å². The van der Waals surface area contributed by atoms with E-state index >= 15 is 0 Å². The number of ether oxygens (including phenoxy) is 1. The van der Waals surface area contributed by atoms with Crippen LogP contribution in [0.5, 0.6) is 5.75 Å². The lowest BCUT2D eigenvalue weighted by molar-refractivity contribution is -0.151. The average molecular weight is 313 g/mol. The molecule has 2 aliphatic heterocycles. The highest BCUT2D eigenvalue weighted by Crippen LogP contribution is 2.62. The van der Waals surface area contributed by atoms with E-state index in [1.54, 1.807) is 6.08 Å². The Morgan fingerprint density at radius 3 is 3.04 bits per heavy atom. The van der Waals surface area contributed by atoms with E-state index in [4.69, 9.17) is 4.74 Å². The molecule has 1 saturated heterocycles. The highest BCUT2D eigenvalue weighted by Gasteiger charge is 2.71. The van der Waals surface area contributed by atoms with Crippen LogP contribution in [0.1, 0.15) is 23.1 Å². The van der Waals surface area contributed by atoms with Gasteiger partial charge in [-0.05, 0) is 44.1 Å². The number of aliphatic hydroxyl groups excluding tert-OH is 1. The third-order valence-electron chi connectivity index (χ3n) is 6.41. The van der Waals surface area contributed by atoms with Crippen molar-refractivity contribution in [2.24, 2.45) is 0 Å². The van der Waals surface area contributed by atoms with E-state index in [0.29, 0.717) is 17.7 Å². The van der Waals surface area contributed by atoms with Crippen molar-refractivity contribution < 1.29 is 19.7 Å². The van der Waals surface area contributed by atoms with Gasteiger partial charge in [0.15, 0.2) is 11.9 Å². The van der Waals surface area contributed by atoms with Crippen LogP contribution in [0.3, 0.4) is 0 Å². The van der Waals surface area contributed by atoms with Gasteiger partial charge in [0.2, 0.25) is 0 Å². The number of nitrogens with zero attached hydrogens (tertiary/aromatic N) is 1. The Labute approximate surface area is 134 Å². The molecular formula is C18H19NO4. The standard InChI is InChI=1S/C18H19NO4/c1-19-7-6-17-14-10-2-3-11(9-20)15(14)23-16(17)12(21)4-5-18(17,22)13(19)8-10/h2-5,13,16,20,22H,6-9H2,1H3/t13-,16?,17+,18-/m1/s1. The van der Waals surface area contributed by atoms with Crippen molar-refractivity contribution in [1.29, 1.82) is 0 Å². The van der Waals surface area contributed by atoms with Crippen molar-refractivity contribution in [2.45, 2.75) is 42.6 Å². The first-order valence-electron chi connectivity index (χ1n) is 8.11. The van der Waals surface area contributed by atoms with E-state index in [9.17, 15) is 15.0 Å². The second kappa shape index (κ2) is 4.04. The normalized spacial score (nSPS) is 40.0. The van der Waals surface area contributed by atoms with Crippen molar-refractivity contribution in [3.05, 3.63) is 41.0 Å². The fourth-order valence-corrected chi connectivity index (χ4v) is 5.32. The summed E-state index contributed by atoms with van der Waals surface area (Å²) in [6.45, 7) is 0.685. The summed E-state index contributed by atoms with van der Waals surface area (Å²) in [4.78, 5) is 14.7. The molecule has 5 heteroatoms. The van der Waals surface area contributed by atoms with Crippen LogP contribution in [0.15, 0.2) is 24.3 Å². The number of rotatable bonds is 1. The molecule has 0 radical (unpaired) electrons. The van der Waals surface area contributed by atoms with Crippen molar-refractivity contribution >= 4 is 5.78 Å². The lowest BCUT2D eigenvalue weighted by Crippen LogP contribution is -2.74. The number of likely N-dealkylation sites (tertiary alicyclic amines) is 1. The molecule has 0 saturated carbocycles. The monoisotopic (exact) mass is 313 g/mol. The Hall–Kier alpha value is -1.69. The summed E-state index contributed by atoms with van der Waals surface area (Å²) >= 11 is 0. The van der Waals surface area contributed by atoms with E-state index in [-0.39, 0.29) is 18.4 Å². The number of carbonyl (C=O) groups is 1. The van der Waals surface area contributed by atoms with Crippen molar-refractivity contribution in [3.63, 3.8) is 0 Å². The summed E-state index contributed by atoms with van der Waals surface area (Å²) in [7, 11) is 2.03. The van der Waals surface area contributed by atoms with Gasteiger partial charge in [-0.1, -0.05) is 12.1 Å². The van der Waals surface area contributed by atoms with E-state index in [1.807, 2.05) is 19.2 Å². The first kappa shape index (κ1) is 13.7. The minimum atomic E-state index is -1.11. The highest BCUT2D eigenvalue weighted by molar-refractivity contribution is 5.98. The van der Waals surface area contributed by atoms with E-state index in [0.717, 1.165) is 24.1 Å². The molecule has 5 nitrogen and oxygen atoms in total. The minimum Gasteiger partial charge on any atom is -0.481 e. The van der Waals surface area contributed by atoms with E-state index in [2.05, 4.69) is 4.90 Å². The number of likely N-dealkylation sites (N-methyl/N-ethyl adjacent to an activating group) is 1. The third kappa shape index (κ3) is 1.30. The maximum absolute atomic E-state index is 12.5. The first-order chi connectivity index (χ1) is 11.0. The van der Waals surface area contributed by atoms with Crippen molar-refractivity contribution in [1.82, 2.24) is 4.90 Å². The number of benzene rings is 1. The molecule has 0 amide bonds. The van der Waals surface area contributed by atoms with Gasteiger partial charge in [-0.2, -0.15) is 0 Å². The number of carbonyl (C=O) groups excluding carboxylic acids is 1. The molecule has 1 aromatic carbocycles. The van der Waals surface area contributed by atoms with Crippen LogP contribution < -0.4 is 4.74 Å². The van der Waals surface area contributed by atoms with Gasteiger partial charge < -0.3 is 14.9 Å². The van der Waals surface area contributed by atoms with Crippen molar-refractivity contribution in [2.75, 3.05) is 13.6 Å². The van der Waals surface area contributed by atoms with Crippen molar-refractivity contribution in [3.8, 4) is 5.75 Å². The zero-order chi connectivity index (χ0) is 16.0. The summed E-state index contributed by atoms with van der Waals surface area (Å²) in [5.41, 5.74) is 0.956. The maximum atomic E-state index is 12.5. The van der Waals surface area contributed by atoms with Crippen LogP contribution in [0.4, 0.5) is 0 Å². The molecule has 2 N–H and O–H groups in total. The zero-order valence-electron chi connectivity index (χ0n) is 13.0. The number of piperidine rings is 1. The first-order valence-corrected chi connectivity index (χ1v) is 8.11. The van der Waals surface area contributed by atoms with Crippen LogP contribution >= 0.6 is 0 Å². The summed E-state index contributed by atoms with van der Waals surface area (Å²) < 4.78 is 6.07. The predicted molar refractivity (Wildman–Crippen MR) is 82.3 cm³/mol. The van der Waals surface area contributed by atoms with Crippen LogP contribution in [0, 0.1) is 0 Å². The molecule has 1 aromatic rings. The number of aliphatic hydroxyl groups is 2. The molecule has 120 valence electrons. The van der Waals surface area contributed by atoms with E-state index < -0.39 is 17.1 Å². The summed E-state index contributed by atoms with van der Waals surface area (Å²) in [6, 6.07) is 3.83. The predicted octanol–water partition coefficient (Wildman–Crippen LogP) is 0.308. The van der Waals surface area contributed by atoms with Crippen LogP contribution in [0.2, 0.25) is 0 Å². The van der Waals surface area contributed by atoms with Gasteiger partial charge in [-0.3, -0.25) is 9.69 Å². The van der Waals surface area contributed by atoms with Gasteiger partial charge in [-0.25, -0.2) is 0 Å². The quantitative estimate of drug-likeness (QED) is 0.781. The smallest absolute Gasteiger partial charge is 0.196 e. The van der Waals surface area contributed by atoms with Gasteiger partial charge >= 0.3 is 0 Å².